The third-order valence-electron chi connectivity index (χ3n) is 3.75. The first-order chi connectivity index (χ1) is 9.60. The van der Waals surface area contributed by atoms with Crippen LogP contribution in [0.5, 0.6) is 0 Å². The van der Waals surface area contributed by atoms with E-state index in [1.807, 2.05) is 25.2 Å². The zero-order valence-electron chi connectivity index (χ0n) is 11.2. The maximum Gasteiger partial charge on any atom is 0.235 e. The lowest BCUT2D eigenvalue weighted by molar-refractivity contribution is -0.134. The molecule has 6 nitrogen and oxygen atoms in total. The second-order valence-corrected chi connectivity index (χ2v) is 5.07. The predicted octanol–water partition coefficient (Wildman–Crippen LogP) is 0.552. The second-order valence-electron chi connectivity index (χ2n) is 5.07. The molecule has 2 heterocycles. The molecule has 2 aromatic rings. The van der Waals surface area contributed by atoms with Crippen molar-refractivity contribution in [2.45, 2.75) is 25.3 Å². The Morgan fingerprint density at radius 3 is 2.95 bits per heavy atom. The molecular formula is C14H16N4O2. The van der Waals surface area contributed by atoms with Gasteiger partial charge in [-0.2, -0.15) is 5.10 Å². The van der Waals surface area contributed by atoms with Gasteiger partial charge in [0.2, 0.25) is 11.8 Å². The molecular weight excluding hydrogens is 256 g/mol. The zero-order valence-corrected chi connectivity index (χ0v) is 11.2. The number of benzene rings is 1. The van der Waals surface area contributed by atoms with Crippen molar-refractivity contribution >= 4 is 22.7 Å². The van der Waals surface area contributed by atoms with Gasteiger partial charge in [-0.25, -0.2) is 0 Å². The monoisotopic (exact) mass is 272 g/mol. The lowest BCUT2D eigenvalue weighted by Crippen LogP contribution is -2.39. The van der Waals surface area contributed by atoms with Gasteiger partial charge in [-0.05, 0) is 18.1 Å². The topological polar surface area (TPSA) is 90.0 Å². The summed E-state index contributed by atoms with van der Waals surface area (Å²) in [5.41, 5.74) is 8.35. The third-order valence-corrected chi connectivity index (χ3v) is 3.75. The molecule has 1 saturated heterocycles. The van der Waals surface area contributed by atoms with Crippen LogP contribution in [-0.4, -0.2) is 21.6 Å². The Morgan fingerprint density at radius 1 is 1.45 bits per heavy atom. The standard InChI is InChI=1S/C14H16N4O2/c1-18-11-6-8(7-15)2-3-9(11)13(17-18)10-4-5-12(19)16-14(10)20/h2-3,6,10H,4-5,7,15H2,1H3,(H,16,19,20). The molecule has 0 radical (unpaired) electrons. The average Bonchev–Trinajstić information content (AvgIpc) is 2.75. The average molecular weight is 272 g/mol. The number of fused-ring (bicyclic) bond motifs is 1. The molecule has 1 atom stereocenters. The maximum absolute atomic E-state index is 12.0. The molecule has 1 fully saturated rings. The summed E-state index contributed by atoms with van der Waals surface area (Å²) < 4.78 is 1.76. The van der Waals surface area contributed by atoms with Gasteiger partial charge in [0.15, 0.2) is 0 Å². The SMILES string of the molecule is Cn1nc(C2CCC(=O)NC2=O)c2ccc(CN)cc21. The Balaban J connectivity index is 2.08. The Bertz CT molecular complexity index is 705. The molecule has 6 heteroatoms. The highest BCUT2D eigenvalue weighted by atomic mass is 16.2. The minimum absolute atomic E-state index is 0.211. The Hall–Kier alpha value is -2.21. The van der Waals surface area contributed by atoms with Gasteiger partial charge < -0.3 is 5.73 Å². The van der Waals surface area contributed by atoms with E-state index in [-0.39, 0.29) is 17.7 Å². The van der Waals surface area contributed by atoms with Crippen molar-refractivity contribution in [3.8, 4) is 0 Å². The molecule has 0 spiro atoms. The Labute approximate surface area is 115 Å². The zero-order chi connectivity index (χ0) is 14.3. The number of rotatable bonds is 2. The van der Waals surface area contributed by atoms with E-state index in [4.69, 9.17) is 5.73 Å². The number of aromatic nitrogens is 2. The minimum atomic E-state index is -0.361. The van der Waals surface area contributed by atoms with Crippen molar-refractivity contribution in [2.75, 3.05) is 0 Å². The summed E-state index contributed by atoms with van der Waals surface area (Å²) >= 11 is 0. The van der Waals surface area contributed by atoms with Crippen LogP contribution in [0.15, 0.2) is 18.2 Å². The quantitative estimate of drug-likeness (QED) is 0.781. The lowest BCUT2D eigenvalue weighted by Gasteiger charge is -2.19. The number of nitrogens with two attached hydrogens (primary N) is 1. The molecule has 2 amide bonds. The molecule has 1 aliphatic rings. The van der Waals surface area contributed by atoms with Gasteiger partial charge >= 0.3 is 0 Å². The summed E-state index contributed by atoms with van der Waals surface area (Å²) in [4.78, 5) is 23.2. The van der Waals surface area contributed by atoms with Crippen LogP contribution in [0.1, 0.15) is 30.0 Å². The molecule has 1 aromatic carbocycles. The minimum Gasteiger partial charge on any atom is -0.326 e. The van der Waals surface area contributed by atoms with Crippen molar-refractivity contribution in [3.63, 3.8) is 0 Å². The number of imide groups is 1. The molecule has 3 N–H and O–H groups in total. The fraction of sp³-hybridized carbons (Fsp3) is 0.357. The van der Waals surface area contributed by atoms with E-state index in [1.165, 1.54) is 0 Å². The summed E-state index contributed by atoms with van der Waals surface area (Å²) in [7, 11) is 1.85. The van der Waals surface area contributed by atoms with Crippen molar-refractivity contribution in [1.82, 2.24) is 15.1 Å². The van der Waals surface area contributed by atoms with Crippen molar-refractivity contribution in [1.29, 1.82) is 0 Å². The predicted molar refractivity (Wildman–Crippen MR) is 73.7 cm³/mol. The number of carbonyl (C=O) groups is 2. The van der Waals surface area contributed by atoms with E-state index >= 15 is 0 Å². The van der Waals surface area contributed by atoms with Crippen LogP contribution in [0.4, 0.5) is 0 Å². The van der Waals surface area contributed by atoms with Crippen LogP contribution >= 0.6 is 0 Å². The molecule has 20 heavy (non-hydrogen) atoms. The molecule has 1 unspecified atom stereocenters. The Kier molecular flexibility index (Phi) is 3.02. The summed E-state index contributed by atoms with van der Waals surface area (Å²) in [6.07, 6.45) is 0.866. The molecule has 0 saturated carbocycles. The van der Waals surface area contributed by atoms with Gasteiger partial charge in [0.05, 0.1) is 17.1 Å². The normalized spacial score (nSPS) is 19.4. The summed E-state index contributed by atoms with van der Waals surface area (Å²) in [6, 6.07) is 5.88. The number of piperidine rings is 1. The molecule has 0 bridgehead atoms. The highest BCUT2D eigenvalue weighted by Gasteiger charge is 2.31. The smallest absolute Gasteiger partial charge is 0.235 e. The van der Waals surface area contributed by atoms with E-state index in [9.17, 15) is 9.59 Å². The van der Waals surface area contributed by atoms with Gasteiger partial charge in [0.1, 0.15) is 0 Å². The molecule has 1 aromatic heterocycles. The number of amides is 2. The van der Waals surface area contributed by atoms with Gasteiger partial charge in [0.25, 0.3) is 0 Å². The fourth-order valence-electron chi connectivity index (χ4n) is 2.67. The molecule has 104 valence electrons. The largest absolute Gasteiger partial charge is 0.326 e. The molecule has 1 aliphatic heterocycles. The first-order valence-corrected chi connectivity index (χ1v) is 6.59. The fourth-order valence-corrected chi connectivity index (χ4v) is 2.67. The number of hydrogen-bond donors (Lipinski definition) is 2. The lowest BCUT2D eigenvalue weighted by atomic mass is 9.92. The summed E-state index contributed by atoms with van der Waals surface area (Å²) in [6.45, 7) is 0.467. The van der Waals surface area contributed by atoms with Gasteiger partial charge in [-0.15, -0.1) is 0 Å². The second kappa shape index (κ2) is 4.72. The van der Waals surface area contributed by atoms with Gasteiger partial charge in [-0.3, -0.25) is 19.6 Å². The van der Waals surface area contributed by atoms with Crippen LogP contribution in [0.25, 0.3) is 10.9 Å². The van der Waals surface area contributed by atoms with E-state index in [0.29, 0.717) is 19.4 Å². The summed E-state index contributed by atoms with van der Waals surface area (Å²) in [5, 5.41) is 7.79. The molecule has 0 aliphatic carbocycles. The maximum atomic E-state index is 12.0. The number of nitrogens with one attached hydrogen (secondary N) is 1. The first-order valence-electron chi connectivity index (χ1n) is 6.59. The van der Waals surface area contributed by atoms with E-state index in [0.717, 1.165) is 22.2 Å². The number of aryl methyl sites for hydroxylation is 1. The number of carbonyl (C=O) groups excluding carboxylic acids is 2. The van der Waals surface area contributed by atoms with Gasteiger partial charge in [0, 0.05) is 25.4 Å². The van der Waals surface area contributed by atoms with Crippen LogP contribution in [0.2, 0.25) is 0 Å². The highest BCUT2D eigenvalue weighted by Crippen LogP contribution is 2.30. The van der Waals surface area contributed by atoms with Gasteiger partial charge in [-0.1, -0.05) is 12.1 Å². The third kappa shape index (κ3) is 1.98. The van der Waals surface area contributed by atoms with E-state index in [1.54, 1.807) is 4.68 Å². The van der Waals surface area contributed by atoms with Crippen molar-refractivity contribution in [3.05, 3.63) is 29.5 Å². The van der Waals surface area contributed by atoms with E-state index in [2.05, 4.69) is 10.4 Å². The van der Waals surface area contributed by atoms with Crippen LogP contribution < -0.4 is 11.1 Å². The van der Waals surface area contributed by atoms with Crippen LogP contribution in [-0.2, 0) is 23.2 Å². The van der Waals surface area contributed by atoms with Crippen molar-refractivity contribution < 1.29 is 9.59 Å². The number of nitrogens with zero attached hydrogens (tertiary/aromatic N) is 2. The van der Waals surface area contributed by atoms with Crippen LogP contribution in [0, 0.1) is 0 Å². The van der Waals surface area contributed by atoms with E-state index < -0.39 is 0 Å². The highest BCUT2D eigenvalue weighted by molar-refractivity contribution is 6.02. The first kappa shape index (κ1) is 12.8. The van der Waals surface area contributed by atoms with Crippen molar-refractivity contribution in [2.24, 2.45) is 12.8 Å². The molecule has 3 rings (SSSR count). The summed E-state index contributed by atoms with van der Waals surface area (Å²) in [5.74, 6) is -0.832. The van der Waals surface area contributed by atoms with Crippen LogP contribution in [0.3, 0.4) is 0 Å². The Morgan fingerprint density at radius 2 is 2.25 bits per heavy atom. The number of hydrogen-bond acceptors (Lipinski definition) is 4.